The highest BCUT2D eigenvalue weighted by Crippen LogP contribution is 2.16. The third kappa shape index (κ3) is 3.04. The van der Waals surface area contributed by atoms with Crippen LogP contribution < -0.4 is 0 Å². The lowest BCUT2D eigenvalue weighted by atomic mass is 10.2. The molecule has 0 atom stereocenters. The molecule has 0 radical (unpaired) electrons. The molecule has 1 aromatic rings. The van der Waals surface area contributed by atoms with Crippen molar-refractivity contribution in [1.82, 2.24) is 14.7 Å². The lowest BCUT2D eigenvalue weighted by molar-refractivity contribution is 0.0517. The Hall–Kier alpha value is -2.37. The van der Waals surface area contributed by atoms with E-state index in [1.165, 1.54) is 6.07 Å². The highest BCUT2D eigenvalue weighted by Gasteiger charge is 2.28. The normalized spacial score (nSPS) is 14.9. The maximum absolute atomic E-state index is 12.4. The number of allylic oxidation sites excluding steroid dienone is 1. The second-order valence-corrected chi connectivity index (χ2v) is 4.65. The molecule has 1 amide bonds. The van der Waals surface area contributed by atoms with E-state index in [4.69, 9.17) is 4.74 Å². The van der Waals surface area contributed by atoms with Gasteiger partial charge in [0.25, 0.3) is 5.91 Å². The average molecular weight is 289 g/mol. The molecule has 1 aliphatic rings. The van der Waals surface area contributed by atoms with Gasteiger partial charge in [-0.25, -0.2) is 4.79 Å². The predicted octanol–water partition coefficient (Wildman–Crippen LogP) is 1.65. The summed E-state index contributed by atoms with van der Waals surface area (Å²) in [7, 11) is 0. The molecule has 0 aromatic carbocycles. The molecule has 112 valence electrons. The average Bonchev–Trinajstić information content (AvgIpc) is 2.92. The Kier molecular flexibility index (Phi) is 4.57. The molecule has 0 spiro atoms. The van der Waals surface area contributed by atoms with Gasteiger partial charge >= 0.3 is 5.97 Å². The molecule has 21 heavy (non-hydrogen) atoms. The molecule has 2 rings (SSSR count). The standard InChI is InChI=1S/C15H19N3O3/c1-4-11(5-2)10-17-7-8-18-13(14(17)19)9-12(16-18)15(20)21-6-3/h4-5,9H,1,6-8,10H2,2-3H3. The van der Waals surface area contributed by atoms with Crippen molar-refractivity contribution in [2.24, 2.45) is 0 Å². The van der Waals surface area contributed by atoms with Crippen LogP contribution in [0.25, 0.3) is 0 Å². The molecular weight excluding hydrogens is 270 g/mol. The van der Waals surface area contributed by atoms with E-state index in [1.54, 1.807) is 22.6 Å². The SMILES string of the molecule is C=CC(=CC)CN1CCn2nc(C(=O)OCC)cc2C1=O. The molecule has 2 heterocycles. The van der Waals surface area contributed by atoms with Crippen LogP contribution in [0.4, 0.5) is 0 Å². The number of esters is 1. The maximum atomic E-state index is 12.4. The molecule has 0 saturated carbocycles. The van der Waals surface area contributed by atoms with E-state index in [0.717, 1.165) is 5.57 Å². The number of rotatable bonds is 5. The van der Waals surface area contributed by atoms with Gasteiger partial charge in [0.1, 0.15) is 5.69 Å². The summed E-state index contributed by atoms with van der Waals surface area (Å²) in [6, 6.07) is 1.50. The van der Waals surface area contributed by atoms with Gasteiger partial charge in [-0.05, 0) is 19.4 Å². The summed E-state index contributed by atoms with van der Waals surface area (Å²) in [6.45, 7) is 9.29. The third-order valence-electron chi connectivity index (χ3n) is 3.36. The van der Waals surface area contributed by atoms with Gasteiger partial charge in [0, 0.05) is 19.2 Å². The highest BCUT2D eigenvalue weighted by atomic mass is 16.5. The lowest BCUT2D eigenvalue weighted by Gasteiger charge is -2.27. The van der Waals surface area contributed by atoms with Crippen molar-refractivity contribution in [2.75, 3.05) is 19.7 Å². The van der Waals surface area contributed by atoms with Crippen molar-refractivity contribution < 1.29 is 14.3 Å². The molecule has 0 saturated heterocycles. The minimum Gasteiger partial charge on any atom is -0.461 e. The van der Waals surface area contributed by atoms with Gasteiger partial charge in [0.15, 0.2) is 5.69 Å². The van der Waals surface area contributed by atoms with Gasteiger partial charge in [-0.2, -0.15) is 5.10 Å². The first-order valence-corrected chi connectivity index (χ1v) is 6.92. The number of hydrogen-bond acceptors (Lipinski definition) is 4. The summed E-state index contributed by atoms with van der Waals surface area (Å²) >= 11 is 0. The minimum atomic E-state index is -0.501. The van der Waals surface area contributed by atoms with Gasteiger partial charge in [0.2, 0.25) is 0 Å². The van der Waals surface area contributed by atoms with Crippen molar-refractivity contribution in [3.63, 3.8) is 0 Å². The summed E-state index contributed by atoms with van der Waals surface area (Å²) in [4.78, 5) is 25.8. The Balaban J connectivity index is 2.19. The molecule has 6 heteroatoms. The van der Waals surface area contributed by atoms with E-state index >= 15 is 0 Å². The van der Waals surface area contributed by atoms with Crippen LogP contribution >= 0.6 is 0 Å². The topological polar surface area (TPSA) is 64.4 Å². The zero-order valence-electron chi connectivity index (χ0n) is 12.3. The number of nitrogens with zero attached hydrogens (tertiary/aromatic N) is 3. The van der Waals surface area contributed by atoms with Crippen molar-refractivity contribution in [3.05, 3.63) is 41.8 Å². The fourth-order valence-electron chi connectivity index (χ4n) is 2.19. The first kappa shape index (κ1) is 15.0. The number of hydrogen-bond donors (Lipinski definition) is 0. The smallest absolute Gasteiger partial charge is 0.358 e. The second kappa shape index (κ2) is 6.39. The maximum Gasteiger partial charge on any atom is 0.358 e. The molecule has 0 aliphatic carbocycles. The fourth-order valence-corrected chi connectivity index (χ4v) is 2.19. The zero-order valence-corrected chi connectivity index (χ0v) is 12.3. The van der Waals surface area contributed by atoms with Gasteiger partial charge in [-0.1, -0.05) is 18.7 Å². The lowest BCUT2D eigenvalue weighted by Crippen LogP contribution is -2.41. The molecule has 1 aromatic heterocycles. The van der Waals surface area contributed by atoms with Crippen LogP contribution in [-0.2, 0) is 11.3 Å². The van der Waals surface area contributed by atoms with Gasteiger partial charge in [-0.3, -0.25) is 9.48 Å². The van der Waals surface area contributed by atoms with Crippen LogP contribution in [0.15, 0.2) is 30.4 Å². The Bertz CT molecular complexity index is 601. The van der Waals surface area contributed by atoms with Crippen LogP contribution in [0.5, 0.6) is 0 Å². The Labute approximate surface area is 123 Å². The van der Waals surface area contributed by atoms with Gasteiger partial charge in [0.05, 0.1) is 13.2 Å². The number of carbonyl (C=O) groups excluding carboxylic acids is 2. The van der Waals surface area contributed by atoms with E-state index < -0.39 is 5.97 Å². The molecule has 6 nitrogen and oxygen atoms in total. The number of carbonyl (C=O) groups is 2. The van der Waals surface area contributed by atoms with Crippen LogP contribution in [-0.4, -0.2) is 46.3 Å². The zero-order chi connectivity index (χ0) is 15.4. The summed E-state index contributed by atoms with van der Waals surface area (Å²) in [6.07, 6.45) is 3.67. The van der Waals surface area contributed by atoms with E-state index in [9.17, 15) is 9.59 Å². The Morgan fingerprint density at radius 3 is 2.90 bits per heavy atom. The third-order valence-corrected chi connectivity index (χ3v) is 3.36. The van der Waals surface area contributed by atoms with Crippen LogP contribution in [0.3, 0.4) is 0 Å². The van der Waals surface area contributed by atoms with Crippen molar-refractivity contribution in [1.29, 1.82) is 0 Å². The van der Waals surface area contributed by atoms with E-state index in [1.807, 2.05) is 13.0 Å². The summed E-state index contributed by atoms with van der Waals surface area (Å²) in [5.74, 6) is -0.635. The van der Waals surface area contributed by atoms with Crippen molar-refractivity contribution in [2.45, 2.75) is 20.4 Å². The Morgan fingerprint density at radius 1 is 1.52 bits per heavy atom. The summed E-state index contributed by atoms with van der Waals surface area (Å²) in [5.41, 5.74) is 1.59. The monoisotopic (exact) mass is 289 g/mol. The Morgan fingerprint density at radius 2 is 2.29 bits per heavy atom. The first-order valence-electron chi connectivity index (χ1n) is 6.92. The molecule has 0 bridgehead atoms. The second-order valence-electron chi connectivity index (χ2n) is 4.65. The molecule has 0 unspecified atom stereocenters. The summed E-state index contributed by atoms with van der Waals surface area (Å²) in [5, 5.41) is 4.13. The van der Waals surface area contributed by atoms with Crippen molar-refractivity contribution in [3.8, 4) is 0 Å². The largest absolute Gasteiger partial charge is 0.461 e. The van der Waals surface area contributed by atoms with Crippen LogP contribution in [0.1, 0.15) is 34.8 Å². The highest BCUT2D eigenvalue weighted by molar-refractivity contribution is 5.96. The molecule has 0 fully saturated rings. The summed E-state index contributed by atoms with van der Waals surface area (Å²) < 4.78 is 6.47. The minimum absolute atomic E-state index is 0.134. The first-order chi connectivity index (χ1) is 10.1. The van der Waals surface area contributed by atoms with Crippen molar-refractivity contribution >= 4 is 11.9 Å². The van der Waals surface area contributed by atoms with E-state index in [0.29, 0.717) is 25.3 Å². The quantitative estimate of drug-likeness (QED) is 0.610. The fraction of sp³-hybridized carbons (Fsp3) is 0.400. The molecule has 0 N–H and O–H groups in total. The van der Waals surface area contributed by atoms with E-state index in [-0.39, 0.29) is 18.2 Å². The number of ether oxygens (including phenoxy) is 1. The van der Waals surface area contributed by atoms with Crippen LogP contribution in [0, 0.1) is 0 Å². The predicted molar refractivity (Wildman–Crippen MR) is 78.0 cm³/mol. The van der Waals surface area contributed by atoms with Crippen LogP contribution in [0.2, 0.25) is 0 Å². The number of fused-ring (bicyclic) bond motifs is 1. The molecule has 1 aliphatic heterocycles. The van der Waals surface area contributed by atoms with E-state index in [2.05, 4.69) is 11.7 Å². The molecular formula is C15H19N3O3. The number of aromatic nitrogens is 2. The number of amides is 1. The van der Waals surface area contributed by atoms with Gasteiger partial charge in [-0.15, -0.1) is 0 Å². The van der Waals surface area contributed by atoms with Gasteiger partial charge < -0.3 is 9.64 Å².